The Balaban J connectivity index is 3.98. The molecule has 58 heavy (non-hydrogen) atoms. The number of ether oxygens (including phenoxy) is 2. The number of alkyl halides is 1. The Labute approximate surface area is 376 Å². The van der Waals surface area contributed by atoms with Crippen LogP contribution in [0.5, 0.6) is 0 Å². The van der Waals surface area contributed by atoms with Crippen LogP contribution in [0.15, 0.2) is 0 Å². The van der Waals surface area contributed by atoms with Gasteiger partial charge in [-0.2, -0.15) is 0 Å². The predicted octanol–water partition coefficient (Wildman–Crippen LogP) is 16.5. The topological polar surface area (TPSA) is 55.8 Å². The molecule has 0 rings (SSSR count). The lowest BCUT2D eigenvalue weighted by molar-refractivity contribution is -0.150. The van der Waals surface area contributed by atoms with Crippen molar-refractivity contribution in [2.24, 2.45) is 0 Å². The number of halogens is 1. The normalized spacial score (nSPS) is 11.3. The van der Waals surface area contributed by atoms with E-state index in [1.54, 1.807) is 0 Å². The molecule has 0 bridgehead atoms. The van der Waals surface area contributed by atoms with Crippen LogP contribution in [-0.2, 0) is 19.1 Å². The van der Waals surface area contributed by atoms with Crippen LogP contribution < -0.4 is 0 Å². The smallest absolute Gasteiger partial charge is 0.306 e. The summed E-state index contributed by atoms with van der Waals surface area (Å²) in [7, 11) is 0. The molecule has 6 heteroatoms. The average molecular weight is 928 g/mol. The lowest BCUT2D eigenvalue weighted by Gasteiger charge is -2.22. The van der Waals surface area contributed by atoms with Crippen LogP contribution >= 0.6 is 22.6 Å². The zero-order valence-corrected chi connectivity index (χ0v) is 41.3. The summed E-state index contributed by atoms with van der Waals surface area (Å²) in [5.74, 6) is 6.38. The van der Waals surface area contributed by atoms with Gasteiger partial charge in [-0.3, -0.25) is 9.59 Å². The standard InChI is InChI=1S/C52H98INO4/c1-4-7-10-13-23-31-40-49-57-51(55)43-34-27-21-19-17-16-18-20-22-29-37-46-54(48-39-36-45-53)47-38-30-24-28-35-44-52(56)58-50(41-32-25-14-11-8-5-2)42-33-26-15-12-9-6-3/h50H,4-12,14-22,24-49H2,1-3H3. The number of hydrogen-bond acceptors (Lipinski definition) is 5. The number of esters is 2. The highest BCUT2D eigenvalue weighted by molar-refractivity contribution is 14.1. The van der Waals surface area contributed by atoms with Crippen LogP contribution in [0.2, 0.25) is 0 Å². The van der Waals surface area contributed by atoms with E-state index in [0.29, 0.717) is 19.4 Å². The van der Waals surface area contributed by atoms with Crippen LogP contribution in [0.4, 0.5) is 0 Å². The van der Waals surface area contributed by atoms with E-state index in [2.05, 4.69) is 60.1 Å². The van der Waals surface area contributed by atoms with E-state index in [0.717, 1.165) is 57.8 Å². The molecule has 0 atom stereocenters. The van der Waals surface area contributed by atoms with Crippen molar-refractivity contribution >= 4 is 34.5 Å². The van der Waals surface area contributed by atoms with E-state index >= 15 is 0 Å². The third-order valence-corrected chi connectivity index (χ3v) is 12.4. The average Bonchev–Trinajstić information content (AvgIpc) is 3.22. The van der Waals surface area contributed by atoms with Crippen molar-refractivity contribution in [3.05, 3.63) is 0 Å². The summed E-state index contributed by atoms with van der Waals surface area (Å²) in [6.45, 7) is 11.0. The maximum atomic E-state index is 12.8. The fourth-order valence-electron chi connectivity index (χ4n) is 7.77. The molecular formula is C52H98INO4. The van der Waals surface area contributed by atoms with Gasteiger partial charge >= 0.3 is 11.9 Å². The number of rotatable bonds is 46. The first-order valence-corrected chi connectivity index (χ1v) is 27.2. The van der Waals surface area contributed by atoms with Crippen molar-refractivity contribution in [1.82, 2.24) is 4.90 Å². The molecular weight excluding hydrogens is 829 g/mol. The Bertz CT molecular complexity index is 901. The maximum absolute atomic E-state index is 12.8. The fraction of sp³-hybridized carbons (Fsp3) is 0.923. The van der Waals surface area contributed by atoms with Gasteiger partial charge in [0.25, 0.3) is 0 Å². The van der Waals surface area contributed by atoms with Gasteiger partial charge in [-0.25, -0.2) is 0 Å². The van der Waals surface area contributed by atoms with Gasteiger partial charge in [0.1, 0.15) is 6.10 Å². The van der Waals surface area contributed by atoms with Crippen LogP contribution in [-0.4, -0.2) is 53.6 Å². The molecule has 342 valence electrons. The molecule has 0 heterocycles. The van der Waals surface area contributed by atoms with E-state index in [-0.39, 0.29) is 18.0 Å². The first-order chi connectivity index (χ1) is 28.6. The molecule has 0 radical (unpaired) electrons. The highest BCUT2D eigenvalue weighted by Crippen LogP contribution is 2.19. The molecule has 0 aliphatic carbocycles. The summed E-state index contributed by atoms with van der Waals surface area (Å²) >= 11 is 2.52. The summed E-state index contributed by atoms with van der Waals surface area (Å²) in [5, 5.41) is 0. The van der Waals surface area contributed by atoms with Gasteiger partial charge in [-0.05, 0) is 101 Å². The Morgan fingerprint density at radius 2 is 0.828 bits per heavy atom. The van der Waals surface area contributed by atoms with Crippen LogP contribution in [0.3, 0.4) is 0 Å². The Hall–Kier alpha value is -0.810. The molecule has 0 aromatic heterocycles. The maximum Gasteiger partial charge on any atom is 0.306 e. The van der Waals surface area contributed by atoms with Crippen LogP contribution in [0.1, 0.15) is 271 Å². The summed E-state index contributed by atoms with van der Waals surface area (Å²) in [6, 6.07) is 0. The van der Waals surface area contributed by atoms with Crippen molar-refractivity contribution in [2.75, 3.05) is 30.7 Å². The third kappa shape index (κ3) is 44.7. The summed E-state index contributed by atoms with van der Waals surface area (Å²) in [4.78, 5) is 27.5. The minimum absolute atomic E-state index is 0.0368. The molecule has 0 aromatic carbocycles. The van der Waals surface area contributed by atoms with Crippen LogP contribution in [0.25, 0.3) is 0 Å². The number of carbonyl (C=O) groups is 2. The molecule has 0 fully saturated rings. The molecule has 0 amide bonds. The minimum Gasteiger partial charge on any atom is -0.466 e. The van der Waals surface area contributed by atoms with E-state index < -0.39 is 0 Å². The number of carbonyl (C=O) groups excluding carboxylic acids is 2. The number of nitrogens with zero attached hydrogens (tertiary/aromatic N) is 1. The summed E-state index contributed by atoms with van der Waals surface area (Å²) in [5.41, 5.74) is 0. The van der Waals surface area contributed by atoms with Crippen molar-refractivity contribution < 1.29 is 19.1 Å². The van der Waals surface area contributed by atoms with Crippen molar-refractivity contribution in [1.29, 1.82) is 0 Å². The third-order valence-electron chi connectivity index (χ3n) is 11.6. The predicted molar refractivity (Wildman–Crippen MR) is 261 cm³/mol. The van der Waals surface area contributed by atoms with Gasteiger partial charge < -0.3 is 14.4 Å². The van der Waals surface area contributed by atoms with Gasteiger partial charge in [-0.1, -0.05) is 191 Å². The molecule has 0 unspecified atom stereocenters. The first kappa shape index (κ1) is 57.2. The van der Waals surface area contributed by atoms with E-state index in [4.69, 9.17) is 9.47 Å². The van der Waals surface area contributed by atoms with Crippen molar-refractivity contribution in [3.63, 3.8) is 0 Å². The second-order valence-electron chi connectivity index (χ2n) is 17.4. The minimum atomic E-state index is -0.0368. The van der Waals surface area contributed by atoms with E-state index in [9.17, 15) is 9.59 Å². The van der Waals surface area contributed by atoms with Crippen molar-refractivity contribution in [2.45, 2.75) is 277 Å². The second kappa shape index (κ2) is 48.9. The molecule has 0 aliphatic heterocycles. The number of hydrogen-bond donors (Lipinski definition) is 0. The van der Waals surface area contributed by atoms with Gasteiger partial charge in [0.2, 0.25) is 0 Å². The van der Waals surface area contributed by atoms with Crippen molar-refractivity contribution in [3.8, 4) is 11.8 Å². The Kier molecular flexibility index (Phi) is 48.2. The highest BCUT2D eigenvalue weighted by atomic mass is 127. The van der Waals surface area contributed by atoms with Gasteiger partial charge in [0.05, 0.1) is 6.61 Å². The molecule has 0 aromatic rings. The summed E-state index contributed by atoms with van der Waals surface area (Å²) < 4.78 is 12.7. The Morgan fingerprint density at radius 1 is 0.448 bits per heavy atom. The fourth-order valence-corrected chi connectivity index (χ4v) is 8.31. The molecule has 0 aliphatic rings. The van der Waals surface area contributed by atoms with E-state index in [1.165, 1.54) is 204 Å². The highest BCUT2D eigenvalue weighted by Gasteiger charge is 2.14. The molecule has 0 N–H and O–H groups in total. The molecule has 0 spiro atoms. The van der Waals surface area contributed by atoms with E-state index in [1.807, 2.05) is 0 Å². The summed E-state index contributed by atoms with van der Waals surface area (Å²) in [6.07, 6.45) is 46.7. The quantitative estimate of drug-likeness (QED) is 0.0200. The molecule has 0 saturated heterocycles. The first-order valence-electron chi connectivity index (χ1n) is 25.7. The Morgan fingerprint density at radius 3 is 1.29 bits per heavy atom. The second-order valence-corrected chi connectivity index (χ2v) is 18.5. The largest absolute Gasteiger partial charge is 0.466 e. The van der Waals surface area contributed by atoms with Gasteiger partial charge in [0.15, 0.2) is 0 Å². The zero-order chi connectivity index (χ0) is 42.3. The van der Waals surface area contributed by atoms with Gasteiger partial charge in [-0.15, -0.1) is 11.8 Å². The van der Waals surface area contributed by atoms with Crippen LogP contribution in [0, 0.1) is 11.8 Å². The van der Waals surface area contributed by atoms with Gasteiger partial charge in [0, 0.05) is 25.7 Å². The SMILES string of the molecule is CCCCC#CCCCOC(=O)CCCCCCCCCCCCCN(CCCCI)CCCCCCCC(=O)OC(CCCCCCCC)CCCCCCCC. The monoisotopic (exact) mass is 928 g/mol. The zero-order valence-electron chi connectivity index (χ0n) is 39.1. The molecule has 5 nitrogen and oxygen atoms in total. The lowest BCUT2D eigenvalue weighted by atomic mass is 10.0. The molecule has 0 saturated carbocycles. The number of unbranched alkanes of at least 4 members (excludes halogenated alkanes) is 28. The lowest BCUT2D eigenvalue weighted by Crippen LogP contribution is -2.27.